The van der Waals surface area contributed by atoms with E-state index in [0.717, 1.165) is 11.3 Å². The van der Waals surface area contributed by atoms with E-state index in [9.17, 15) is 9.59 Å². The topological polar surface area (TPSA) is 124 Å². The standard InChI is InChI=1S/C25H29N7O5/c1-17-9-22(29-25(28-17)31-6-5-26-15-31)32-8-7-30(24(34)14-35-2)13-19(32)11-23(33)27-12-18-3-4-20-21(10-18)37-16-36-20/h3-6,9-10,15,19H,7-8,11-14,16H2,1-2H3,(H,27,33). The molecule has 2 amide bonds. The summed E-state index contributed by atoms with van der Waals surface area (Å²) in [6.45, 7) is 3.86. The molecule has 37 heavy (non-hydrogen) atoms. The van der Waals surface area contributed by atoms with E-state index >= 15 is 0 Å². The van der Waals surface area contributed by atoms with Crippen LogP contribution in [-0.2, 0) is 20.9 Å². The molecule has 5 rings (SSSR count). The number of hydrogen-bond acceptors (Lipinski definition) is 9. The third kappa shape index (κ3) is 5.64. The first-order chi connectivity index (χ1) is 18.0. The van der Waals surface area contributed by atoms with Crippen LogP contribution < -0.4 is 19.7 Å². The Kier molecular flexibility index (Phi) is 7.17. The summed E-state index contributed by atoms with van der Waals surface area (Å²) in [7, 11) is 1.50. The Bertz CT molecular complexity index is 1270. The fourth-order valence-corrected chi connectivity index (χ4v) is 4.49. The first-order valence-corrected chi connectivity index (χ1v) is 12.0. The molecule has 0 spiro atoms. The van der Waals surface area contributed by atoms with Crippen molar-refractivity contribution in [3.63, 3.8) is 0 Å². The predicted octanol–water partition coefficient (Wildman–Crippen LogP) is 1.07. The molecule has 12 heteroatoms. The molecule has 2 aliphatic rings. The third-order valence-corrected chi connectivity index (χ3v) is 6.31. The van der Waals surface area contributed by atoms with Gasteiger partial charge < -0.3 is 29.3 Å². The van der Waals surface area contributed by atoms with E-state index in [1.807, 2.05) is 31.2 Å². The van der Waals surface area contributed by atoms with Crippen LogP contribution in [0, 0.1) is 6.92 Å². The molecule has 4 heterocycles. The minimum absolute atomic E-state index is 0.000420. The Balaban J connectivity index is 1.32. The molecule has 0 saturated carbocycles. The van der Waals surface area contributed by atoms with Gasteiger partial charge in [-0.2, -0.15) is 4.98 Å². The molecule has 1 aromatic carbocycles. The number of piperazine rings is 1. The van der Waals surface area contributed by atoms with E-state index in [1.165, 1.54) is 7.11 Å². The highest BCUT2D eigenvalue weighted by Crippen LogP contribution is 2.32. The monoisotopic (exact) mass is 507 g/mol. The Labute approximate surface area is 214 Å². The number of amides is 2. The van der Waals surface area contributed by atoms with Gasteiger partial charge in [-0.15, -0.1) is 0 Å². The van der Waals surface area contributed by atoms with Crippen molar-refractivity contribution in [2.75, 3.05) is 45.0 Å². The highest BCUT2D eigenvalue weighted by Gasteiger charge is 2.32. The van der Waals surface area contributed by atoms with Gasteiger partial charge in [0, 0.05) is 63.9 Å². The van der Waals surface area contributed by atoms with Crippen molar-refractivity contribution >= 4 is 17.6 Å². The van der Waals surface area contributed by atoms with E-state index in [4.69, 9.17) is 19.2 Å². The van der Waals surface area contributed by atoms with Crippen molar-refractivity contribution in [2.45, 2.75) is 25.9 Å². The second kappa shape index (κ2) is 10.8. The van der Waals surface area contributed by atoms with Crippen molar-refractivity contribution in [2.24, 2.45) is 0 Å². The summed E-state index contributed by atoms with van der Waals surface area (Å²) in [6.07, 6.45) is 5.27. The molecular formula is C25H29N7O5. The number of ether oxygens (including phenoxy) is 3. The molecule has 3 aromatic rings. The number of hydrogen-bond donors (Lipinski definition) is 1. The Morgan fingerprint density at radius 3 is 2.84 bits per heavy atom. The van der Waals surface area contributed by atoms with Crippen LogP contribution in [0.4, 0.5) is 5.82 Å². The lowest BCUT2D eigenvalue weighted by Crippen LogP contribution is -2.57. The zero-order chi connectivity index (χ0) is 25.8. The van der Waals surface area contributed by atoms with Gasteiger partial charge in [-0.05, 0) is 24.6 Å². The van der Waals surface area contributed by atoms with Gasteiger partial charge in [-0.3, -0.25) is 14.2 Å². The molecule has 12 nitrogen and oxygen atoms in total. The number of nitrogens with zero attached hydrogens (tertiary/aromatic N) is 6. The van der Waals surface area contributed by atoms with Crippen LogP contribution in [0.3, 0.4) is 0 Å². The Morgan fingerprint density at radius 1 is 1.16 bits per heavy atom. The molecule has 0 bridgehead atoms. The SMILES string of the molecule is COCC(=O)N1CCN(c2cc(C)nc(-n3ccnc3)n2)C(CC(=O)NCc2ccc3c(c2)OCO3)C1. The van der Waals surface area contributed by atoms with E-state index in [1.54, 1.807) is 28.2 Å². The number of fused-ring (bicyclic) bond motifs is 1. The van der Waals surface area contributed by atoms with Crippen LogP contribution in [0.5, 0.6) is 11.5 Å². The summed E-state index contributed by atoms with van der Waals surface area (Å²) in [6, 6.07) is 7.21. The average Bonchev–Trinajstić information content (AvgIpc) is 3.59. The van der Waals surface area contributed by atoms with Crippen molar-refractivity contribution < 1.29 is 23.8 Å². The second-order valence-corrected chi connectivity index (χ2v) is 8.93. The summed E-state index contributed by atoms with van der Waals surface area (Å²) in [5, 5.41) is 2.99. The zero-order valence-electron chi connectivity index (χ0n) is 20.8. The van der Waals surface area contributed by atoms with Crippen LogP contribution in [0.2, 0.25) is 0 Å². The van der Waals surface area contributed by atoms with Gasteiger partial charge in [0.15, 0.2) is 11.5 Å². The molecule has 2 aliphatic heterocycles. The Hall–Kier alpha value is -4.19. The number of imidazole rings is 1. The van der Waals surface area contributed by atoms with Gasteiger partial charge in [0.05, 0.1) is 6.04 Å². The first-order valence-electron chi connectivity index (χ1n) is 12.0. The van der Waals surface area contributed by atoms with Crippen LogP contribution in [0.15, 0.2) is 43.0 Å². The summed E-state index contributed by atoms with van der Waals surface area (Å²) >= 11 is 0. The van der Waals surface area contributed by atoms with Crippen LogP contribution in [-0.4, -0.2) is 82.4 Å². The maximum atomic E-state index is 13.1. The number of benzene rings is 1. The second-order valence-electron chi connectivity index (χ2n) is 8.93. The van der Waals surface area contributed by atoms with Gasteiger partial charge in [-0.25, -0.2) is 9.97 Å². The number of aromatic nitrogens is 4. The molecule has 0 radical (unpaired) electrons. The summed E-state index contributed by atoms with van der Waals surface area (Å²) in [5.74, 6) is 2.33. The van der Waals surface area contributed by atoms with Gasteiger partial charge in [0.1, 0.15) is 18.8 Å². The zero-order valence-corrected chi connectivity index (χ0v) is 20.8. The van der Waals surface area contributed by atoms with E-state index in [-0.39, 0.29) is 37.7 Å². The van der Waals surface area contributed by atoms with Crippen LogP contribution >= 0.6 is 0 Å². The van der Waals surface area contributed by atoms with Gasteiger partial charge >= 0.3 is 0 Å². The molecule has 1 N–H and O–H groups in total. The van der Waals surface area contributed by atoms with E-state index < -0.39 is 0 Å². The predicted molar refractivity (Wildman–Crippen MR) is 133 cm³/mol. The van der Waals surface area contributed by atoms with E-state index in [0.29, 0.717) is 49.4 Å². The fraction of sp³-hybridized carbons (Fsp3) is 0.400. The minimum atomic E-state index is -0.281. The molecule has 1 fully saturated rings. The highest BCUT2D eigenvalue weighted by molar-refractivity contribution is 5.79. The third-order valence-electron chi connectivity index (χ3n) is 6.31. The fourth-order valence-electron chi connectivity index (χ4n) is 4.49. The molecular weight excluding hydrogens is 478 g/mol. The minimum Gasteiger partial charge on any atom is -0.454 e. The number of aryl methyl sites for hydroxylation is 1. The van der Waals surface area contributed by atoms with Crippen molar-refractivity contribution in [1.29, 1.82) is 0 Å². The number of methoxy groups -OCH3 is 1. The van der Waals surface area contributed by atoms with Gasteiger partial charge in [0.2, 0.25) is 24.6 Å². The maximum absolute atomic E-state index is 13.1. The number of carbonyl (C=O) groups excluding carboxylic acids is 2. The number of carbonyl (C=O) groups is 2. The molecule has 1 unspecified atom stereocenters. The highest BCUT2D eigenvalue weighted by atomic mass is 16.7. The lowest BCUT2D eigenvalue weighted by Gasteiger charge is -2.42. The number of nitrogens with one attached hydrogen (secondary N) is 1. The van der Waals surface area contributed by atoms with Crippen molar-refractivity contribution in [3.8, 4) is 17.4 Å². The molecule has 0 aliphatic carbocycles. The molecule has 2 aromatic heterocycles. The Morgan fingerprint density at radius 2 is 2.03 bits per heavy atom. The molecule has 1 saturated heterocycles. The van der Waals surface area contributed by atoms with Gasteiger partial charge in [-0.1, -0.05) is 6.07 Å². The lowest BCUT2D eigenvalue weighted by atomic mass is 10.1. The quantitative estimate of drug-likeness (QED) is 0.477. The van der Waals surface area contributed by atoms with Crippen LogP contribution in [0.25, 0.3) is 5.95 Å². The summed E-state index contributed by atoms with van der Waals surface area (Å²) in [5.41, 5.74) is 1.70. The maximum Gasteiger partial charge on any atom is 0.248 e. The summed E-state index contributed by atoms with van der Waals surface area (Å²) < 4.78 is 17.6. The molecule has 194 valence electrons. The molecule has 1 atom stereocenters. The summed E-state index contributed by atoms with van der Waals surface area (Å²) in [4.78, 5) is 42.8. The number of rotatable bonds is 8. The van der Waals surface area contributed by atoms with Crippen LogP contribution in [0.1, 0.15) is 17.7 Å². The van der Waals surface area contributed by atoms with Gasteiger partial charge in [0.25, 0.3) is 0 Å². The lowest BCUT2D eigenvalue weighted by molar-refractivity contribution is -0.136. The van der Waals surface area contributed by atoms with Crippen molar-refractivity contribution in [3.05, 3.63) is 54.2 Å². The first kappa shape index (κ1) is 24.5. The average molecular weight is 508 g/mol. The number of anilines is 1. The largest absolute Gasteiger partial charge is 0.454 e. The van der Waals surface area contributed by atoms with E-state index in [2.05, 4.69) is 20.2 Å². The normalized spacial score (nSPS) is 16.6. The van der Waals surface area contributed by atoms with Crippen molar-refractivity contribution in [1.82, 2.24) is 29.7 Å². The smallest absolute Gasteiger partial charge is 0.248 e.